The zero-order valence-corrected chi connectivity index (χ0v) is 15.1. The van der Waals surface area contributed by atoms with Crippen LogP contribution in [0.15, 0.2) is 36.4 Å². The molecule has 0 fully saturated rings. The second kappa shape index (κ2) is 7.88. The van der Waals surface area contributed by atoms with Gasteiger partial charge in [0.2, 0.25) is 0 Å². The van der Waals surface area contributed by atoms with Crippen LogP contribution in [0.1, 0.15) is 36.5 Å². The molecule has 0 saturated carbocycles. The maximum absolute atomic E-state index is 12.3. The Kier molecular flexibility index (Phi) is 5.16. The number of ether oxygens (including phenoxy) is 3. The van der Waals surface area contributed by atoms with Gasteiger partial charge in [0.05, 0.1) is 19.3 Å². The second-order valence-corrected chi connectivity index (χ2v) is 6.78. The summed E-state index contributed by atoms with van der Waals surface area (Å²) in [5.74, 6) is 1.74. The lowest BCUT2D eigenvalue weighted by molar-refractivity contribution is -0.118. The van der Waals surface area contributed by atoms with Crippen LogP contribution in [0.2, 0.25) is 0 Å². The van der Waals surface area contributed by atoms with Gasteiger partial charge >= 0.3 is 0 Å². The van der Waals surface area contributed by atoms with Crippen molar-refractivity contribution < 1.29 is 24.1 Å². The first kappa shape index (κ1) is 17.7. The van der Waals surface area contributed by atoms with E-state index in [2.05, 4.69) is 5.32 Å². The molecule has 27 heavy (non-hydrogen) atoms. The number of hydrogen-bond acceptors (Lipinski definition) is 5. The standard InChI is InChI=1S/C21H23NO5/c23-17-6-1-5-16-15(17)4-2-7-18(16)27-13-21(24)22-14-8-9-19-20(12-14)26-11-3-10-25-19/h2,4,7-9,12,17,23H,1,3,5-6,10-11,13H2,(H,22,24). The number of nitrogens with one attached hydrogen (secondary N) is 1. The molecule has 0 saturated heterocycles. The van der Waals surface area contributed by atoms with Gasteiger partial charge in [-0.25, -0.2) is 0 Å². The highest BCUT2D eigenvalue weighted by Gasteiger charge is 2.21. The molecule has 1 heterocycles. The predicted molar refractivity (Wildman–Crippen MR) is 101 cm³/mol. The highest BCUT2D eigenvalue weighted by atomic mass is 16.5. The van der Waals surface area contributed by atoms with Gasteiger partial charge in [0.1, 0.15) is 5.75 Å². The van der Waals surface area contributed by atoms with Crippen molar-refractivity contribution in [2.24, 2.45) is 0 Å². The Hall–Kier alpha value is -2.73. The Balaban J connectivity index is 1.39. The minimum absolute atomic E-state index is 0.0962. The van der Waals surface area contributed by atoms with Crippen LogP contribution >= 0.6 is 0 Å². The number of amides is 1. The summed E-state index contributed by atoms with van der Waals surface area (Å²) in [6, 6.07) is 11.0. The number of anilines is 1. The van der Waals surface area contributed by atoms with Crippen molar-refractivity contribution >= 4 is 11.6 Å². The van der Waals surface area contributed by atoms with Gasteiger partial charge in [0, 0.05) is 18.2 Å². The molecule has 0 bridgehead atoms. The average Bonchev–Trinajstić information content (AvgIpc) is 2.92. The highest BCUT2D eigenvalue weighted by molar-refractivity contribution is 5.92. The van der Waals surface area contributed by atoms with E-state index < -0.39 is 6.10 Å². The molecule has 1 atom stereocenters. The molecule has 1 unspecified atom stereocenters. The monoisotopic (exact) mass is 369 g/mol. The number of aliphatic hydroxyl groups excluding tert-OH is 1. The van der Waals surface area contributed by atoms with E-state index in [-0.39, 0.29) is 12.5 Å². The van der Waals surface area contributed by atoms with E-state index >= 15 is 0 Å². The molecule has 2 aromatic carbocycles. The molecule has 2 aliphatic rings. The molecule has 1 aliphatic carbocycles. The molecule has 1 amide bonds. The number of carbonyl (C=O) groups is 1. The lowest BCUT2D eigenvalue weighted by Gasteiger charge is -2.23. The molecule has 6 heteroatoms. The average molecular weight is 369 g/mol. The fourth-order valence-electron chi connectivity index (χ4n) is 3.51. The predicted octanol–water partition coefficient (Wildman–Crippen LogP) is 3.24. The van der Waals surface area contributed by atoms with Gasteiger partial charge in [-0.3, -0.25) is 4.79 Å². The van der Waals surface area contributed by atoms with Gasteiger partial charge in [-0.05, 0) is 48.6 Å². The number of carbonyl (C=O) groups excluding carboxylic acids is 1. The third kappa shape index (κ3) is 4.01. The number of fused-ring (bicyclic) bond motifs is 2. The summed E-state index contributed by atoms with van der Waals surface area (Å²) < 4.78 is 17.0. The summed E-state index contributed by atoms with van der Waals surface area (Å²) in [4.78, 5) is 12.3. The fourth-order valence-corrected chi connectivity index (χ4v) is 3.51. The summed E-state index contributed by atoms with van der Waals surface area (Å²) in [5.41, 5.74) is 2.54. The maximum atomic E-state index is 12.3. The first-order valence-electron chi connectivity index (χ1n) is 9.33. The maximum Gasteiger partial charge on any atom is 0.262 e. The molecule has 4 rings (SSSR count). The van der Waals surface area contributed by atoms with E-state index in [4.69, 9.17) is 14.2 Å². The molecular weight excluding hydrogens is 346 g/mol. The van der Waals surface area contributed by atoms with Crippen LogP contribution in [0, 0.1) is 0 Å². The van der Waals surface area contributed by atoms with Gasteiger partial charge in [0.25, 0.3) is 5.91 Å². The van der Waals surface area contributed by atoms with Crippen LogP contribution in [0.25, 0.3) is 0 Å². The van der Waals surface area contributed by atoms with E-state index in [0.29, 0.717) is 36.1 Å². The molecule has 2 aromatic rings. The highest BCUT2D eigenvalue weighted by Crippen LogP contribution is 2.35. The van der Waals surface area contributed by atoms with Crippen LogP contribution in [0.4, 0.5) is 5.69 Å². The number of hydrogen-bond donors (Lipinski definition) is 2. The molecular formula is C21H23NO5. The molecule has 2 N–H and O–H groups in total. The lowest BCUT2D eigenvalue weighted by Crippen LogP contribution is -2.21. The summed E-state index contributed by atoms with van der Waals surface area (Å²) in [6.07, 6.45) is 2.92. The minimum Gasteiger partial charge on any atom is -0.490 e. The van der Waals surface area contributed by atoms with Crippen LogP contribution in [0.5, 0.6) is 17.2 Å². The Labute approximate surface area is 158 Å². The van der Waals surface area contributed by atoms with E-state index in [1.54, 1.807) is 18.2 Å². The number of benzene rings is 2. The van der Waals surface area contributed by atoms with E-state index in [9.17, 15) is 9.90 Å². The van der Waals surface area contributed by atoms with Crippen molar-refractivity contribution in [1.29, 1.82) is 0 Å². The van der Waals surface area contributed by atoms with Gasteiger partial charge in [-0.1, -0.05) is 12.1 Å². The zero-order valence-electron chi connectivity index (χ0n) is 15.1. The summed E-state index contributed by atoms with van der Waals surface area (Å²) in [6.45, 7) is 1.13. The number of aliphatic hydroxyl groups is 1. The largest absolute Gasteiger partial charge is 0.490 e. The SMILES string of the molecule is O=C(COc1cccc2c1CCCC2O)Nc1ccc2c(c1)OCCCO2. The summed E-state index contributed by atoms with van der Waals surface area (Å²) in [5, 5.41) is 12.9. The molecule has 1 aliphatic heterocycles. The Bertz CT molecular complexity index is 835. The smallest absolute Gasteiger partial charge is 0.262 e. The minimum atomic E-state index is -0.451. The zero-order chi connectivity index (χ0) is 18.6. The first-order chi connectivity index (χ1) is 13.2. The quantitative estimate of drug-likeness (QED) is 0.865. The molecule has 0 spiro atoms. The van der Waals surface area contributed by atoms with Crippen molar-refractivity contribution in [2.75, 3.05) is 25.1 Å². The van der Waals surface area contributed by atoms with Gasteiger partial charge in [-0.2, -0.15) is 0 Å². The normalized spacial score (nSPS) is 18.2. The number of rotatable bonds is 4. The Morgan fingerprint density at radius 1 is 1.15 bits per heavy atom. The van der Waals surface area contributed by atoms with E-state index in [1.807, 2.05) is 18.2 Å². The first-order valence-corrected chi connectivity index (χ1v) is 9.33. The van der Waals surface area contributed by atoms with Gasteiger partial charge in [0.15, 0.2) is 18.1 Å². The third-order valence-corrected chi connectivity index (χ3v) is 4.82. The van der Waals surface area contributed by atoms with Crippen LogP contribution in [-0.2, 0) is 11.2 Å². The van der Waals surface area contributed by atoms with E-state index in [0.717, 1.165) is 36.8 Å². The van der Waals surface area contributed by atoms with Crippen LogP contribution < -0.4 is 19.5 Å². The van der Waals surface area contributed by atoms with Crippen molar-refractivity contribution in [3.05, 3.63) is 47.5 Å². The lowest BCUT2D eigenvalue weighted by atomic mass is 9.89. The molecule has 0 aromatic heterocycles. The van der Waals surface area contributed by atoms with Gasteiger partial charge < -0.3 is 24.6 Å². The summed E-state index contributed by atoms with van der Waals surface area (Å²) in [7, 11) is 0. The van der Waals surface area contributed by atoms with Gasteiger partial charge in [-0.15, -0.1) is 0 Å². The second-order valence-electron chi connectivity index (χ2n) is 6.78. The Morgan fingerprint density at radius 3 is 2.89 bits per heavy atom. The molecule has 6 nitrogen and oxygen atoms in total. The van der Waals surface area contributed by atoms with Crippen molar-refractivity contribution in [3.63, 3.8) is 0 Å². The van der Waals surface area contributed by atoms with E-state index in [1.165, 1.54) is 0 Å². The van der Waals surface area contributed by atoms with Crippen molar-refractivity contribution in [1.82, 2.24) is 0 Å². The fraction of sp³-hybridized carbons (Fsp3) is 0.381. The van der Waals surface area contributed by atoms with Crippen molar-refractivity contribution in [2.45, 2.75) is 31.8 Å². The van der Waals surface area contributed by atoms with Crippen LogP contribution in [0.3, 0.4) is 0 Å². The van der Waals surface area contributed by atoms with Crippen molar-refractivity contribution in [3.8, 4) is 17.2 Å². The third-order valence-electron chi connectivity index (χ3n) is 4.82. The van der Waals surface area contributed by atoms with Crippen LogP contribution in [-0.4, -0.2) is 30.8 Å². The molecule has 0 radical (unpaired) electrons. The topological polar surface area (TPSA) is 77.0 Å². The Morgan fingerprint density at radius 2 is 2.00 bits per heavy atom. The molecule has 142 valence electrons. The summed E-state index contributed by atoms with van der Waals surface area (Å²) >= 11 is 0.